The zero-order valence-electron chi connectivity index (χ0n) is 15.8. The summed E-state index contributed by atoms with van der Waals surface area (Å²) >= 11 is 5.80. The molecule has 2 aromatic rings. The topological polar surface area (TPSA) is 93.9 Å². The van der Waals surface area contributed by atoms with Crippen molar-refractivity contribution in [3.8, 4) is 11.5 Å². The van der Waals surface area contributed by atoms with Gasteiger partial charge in [-0.2, -0.15) is 0 Å². The summed E-state index contributed by atoms with van der Waals surface area (Å²) in [5.41, 5.74) is 0.733. The Hall–Kier alpha value is -2.84. The van der Waals surface area contributed by atoms with E-state index >= 15 is 0 Å². The van der Waals surface area contributed by atoms with Crippen molar-refractivity contribution in [2.75, 3.05) is 27.7 Å². The Labute approximate surface area is 168 Å². The van der Waals surface area contributed by atoms with Crippen LogP contribution in [0.3, 0.4) is 0 Å². The third-order valence-electron chi connectivity index (χ3n) is 3.97. The minimum atomic E-state index is -0.549. The SMILES string of the molecule is CNC(CCOc1ccc(Cl)c([N+](=O)[O-])c1)c1cccc(OC(=O)N(C)C)c1. The summed E-state index contributed by atoms with van der Waals surface area (Å²) in [5, 5.41) is 14.2. The number of halogens is 1. The molecule has 0 saturated carbocycles. The van der Waals surface area contributed by atoms with Gasteiger partial charge in [0.25, 0.3) is 5.69 Å². The van der Waals surface area contributed by atoms with Crippen LogP contribution in [-0.4, -0.2) is 43.7 Å². The molecule has 1 unspecified atom stereocenters. The number of rotatable bonds is 8. The van der Waals surface area contributed by atoms with Crippen molar-refractivity contribution < 1.29 is 19.2 Å². The first-order valence-electron chi connectivity index (χ1n) is 8.55. The summed E-state index contributed by atoms with van der Waals surface area (Å²) in [6.07, 6.45) is 0.142. The van der Waals surface area contributed by atoms with Gasteiger partial charge in [-0.3, -0.25) is 10.1 Å². The Kier molecular flexibility index (Phi) is 7.60. The van der Waals surface area contributed by atoms with Gasteiger partial charge in [0, 0.05) is 26.6 Å². The maximum absolute atomic E-state index is 11.7. The second-order valence-electron chi connectivity index (χ2n) is 6.18. The Balaban J connectivity index is 2.00. The fourth-order valence-corrected chi connectivity index (χ4v) is 2.67. The molecule has 8 nitrogen and oxygen atoms in total. The Morgan fingerprint density at radius 1 is 1.25 bits per heavy atom. The van der Waals surface area contributed by atoms with Crippen LogP contribution in [0.5, 0.6) is 11.5 Å². The maximum Gasteiger partial charge on any atom is 0.414 e. The highest BCUT2D eigenvalue weighted by Gasteiger charge is 2.15. The van der Waals surface area contributed by atoms with E-state index in [-0.39, 0.29) is 16.8 Å². The molecule has 2 aromatic carbocycles. The van der Waals surface area contributed by atoms with Crippen molar-refractivity contribution in [2.24, 2.45) is 0 Å². The minimum Gasteiger partial charge on any atom is -0.493 e. The molecule has 1 N–H and O–H groups in total. The first-order valence-corrected chi connectivity index (χ1v) is 8.92. The maximum atomic E-state index is 11.7. The van der Waals surface area contributed by atoms with Crippen LogP contribution in [0.2, 0.25) is 5.02 Å². The number of nitrogens with zero attached hydrogens (tertiary/aromatic N) is 2. The molecule has 9 heteroatoms. The highest BCUT2D eigenvalue weighted by molar-refractivity contribution is 6.32. The molecule has 0 aliphatic carbocycles. The number of amides is 1. The lowest BCUT2D eigenvalue weighted by molar-refractivity contribution is -0.384. The van der Waals surface area contributed by atoms with Crippen LogP contribution in [0, 0.1) is 10.1 Å². The molecule has 1 amide bonds. The summed E-state index contributed by atoms with van der Waals surface area (Å²) in [5.74, 6) is 0.824. The normalized spacial score (nSPS) is 11.6. The highest BCUT2D eigenvalue weighted by atomic mass is 35.5. The molecule has 0 aliphatic rings. The third-order valence-corrected chi connectivity index (χ3v) is 4.29. The van der Waals surface area contributed by atoms with Gasteiger partial charge in [-0.25, -0.2) is 4.79 Å². The number of carbonyl (C=O) groups excluding carboxylic acids is 1. The predicted octanol–water partition coefficient (Wildman–Crippen LogP) is 4.04. The van der Waals surface area contributed by atoms with Crippen LogP contribution < -0.4 is 14.8 Å². The lowest BCUT2D eigenvalue weighted by Gasteiger charge is -2.18. The van der Waals surface area contributed by atoms with Gasteiger partial charge in [-0.15, -0.1) is 0 Å². The van der Waals surface area contributed by atoms with Crippen LogP contribution >= 0.6 is 11.6 Å². The number of hydrogen-bond donors (Lipinski definition) is 1. The molecule has 0 radical (unpaired) electrons. The summed E-state index contributed by atoms with van der Waals surface area (Å²) in [7, 11) is 5.04. The van der Waals surface area contributed by atoms with Crippen molar-refractivity contribution in [3.05, 3.63) is 63.2 Å². The zero-order chi connectivity index (χ0) is 20.7. The largest absolute Gasteiger partial charge is 0.493 e. The van der Waals surface area contributed by atoms with E-state index in [4.69, 9.17) is 21.1 Å². The summed E-state index contributed by atoms with van der Waals surface area (Å²) < 4.78 is 10.9. The van der Waals surface area contributed by atoms with Crippen molar-refractivity contribution in [1.29, 1.82) is 0 Å². The van der Waals surface area contributed by atoms with Crippen molar-refractivity contribution in [3.63, 3.8) is 0 Å². The molecule has 0 fully saturated rings. The number of ether oxygens (including phenoxy) is 2. The van der Waals surface area contributed by atoms with Gasteiger partial charge < -0.3 is 19.7 Å². The van der Waals surface area contributed by atoms with Crippen molar-refractivity contribution in [2.45, 2.75) is 12.5 Å². The van der Waals surface area contributed by atoms with Gasteiger partial charge in [0.05, 0.1) is 17.6 Å². The Bertz CT molecular complexity index is 844. The first-order chi connectivity index (χ1) is 13.3. The molecule has 28 heavy (non-hydrogen) atoms. The van der Waals surface area contributed by atoms with E-state index < -0.39 is 11.0 Å². The molecule has 0 aromatic heterocycles. The van der Waals surface area contributed by atoms with Crippen LogP contribution in [0.4, 0.5) is 10.5 Å². The summed E-state index contributed by atoms with van der Waals surface area (Å²) in [6, 6.07) is 11.5. The number of nitro benzene ring substituents is 1. The van der Waals surface area contributed by atoms with Gasteiger partial charge in [0.2, 0.25) is 0 Å². The van der Waals surface area contributed by atoms with E-state index in [1.165, 1.54) is 17.0 Å². The smallest absolute Gasteiger partial charge is 0.414 e. The summed E-state index contributed by atoms with van der Waals surface area (Å²) in [4.78, 5) is 23.5. The van der Waals surface area contributed by atoms with E-state index in [0.717, 1.165) is 5.56 Å². The molecule has 0 aliphatic heterocycles. The van der Waals surface area contributed by atoms with E-state index in [0.29, 0.717) is 24.5 Å². The fraction of sp³-hybridized carbons (Fsp3) is 0.316. The number of hydrogen-bond acceptors (Lipinski definition) is 6. The molecule has 0 spiro atoms. The second-order valence-corrected chi connectivity index (χ2v) is 6.59. The fourth-order valence-electron chi connectivity index (χ4n) is 2.48. The molecule has 0 saturated heterocycles. The van der Waals surface area contributed by atoms with Crippen molar-refractivity contribution in [1.82, 2.24) is 10.2 Å². The number of carbonyl (C=O) groups is 1. The second kappa shape index (κ2) is 9.91. The third kappa shape index (κ3) is 5.83. The highest BCUT2D eigenvalue weighted by Crippen LogP contribution is 2.29. The van der Waals surface area contributed by atoms with Crippen LogP contribution in [0.25, 0.3) is 0 Å². The quantitative estimate of drug-likeness (QED) is 0.524. The number of benzene rings is 2. The van der Waals surface area contributed by atoms with E-state index in [1.54, 1.807) is 38.4 Å². The monoisotopic (exact) mass is 407 g/mol. The number of nitrogens with one attached hydrogen (secondary N) is 1. The standard InChI is InChI=1S/C19H22ClN3O5/c1-21-17(13-5-4-6-15(11-13)28-19(24)22(2)3)9-10-27-14-7-8-16(20)18(12-14)23(25)26/h4-8,11-12,17,21H,9-10H2,1-3H3. The average molecular weight is 408 g/mol. The molecule has 150 valence electrons. The van der Waals surface area contributed by atoms with Gasteiger partial charge in [0.15, 0.2) is 0 Å². The Morgan fingerprint density at radius 3 is 2.64 bits per heavy atom. The molecule has 0 bridgehead atoms. The Morgan fingerprint density at radius 2 is 2.00 bits per heavy atom. The van der Waals surface area contributed by atoms with Crippen LogP contribution in [0.15, 0.2) is 42.5 Å². The minimum absolute atomic E-state index is 0.0553. The van der Waals surface area contributed by atoms with Crippen LogP contribution in [-0.2, 0) is 0 Å². The molecule has 2 rings (SSSR count). The predicted molar refractivity (Wildman–Crippen MR) is 106 cm³/mol. The van der Waals surface area contributed by atoms with Crippen LogP contribution in [0.1, 0.15) is 18.0 Å². The number of nitro groups is 1. The molecule has 1 atom stereocenters. The van der Waals surface area contributed by atoms with E-state index in [2.05, 4.69) is 5.32 Å². The van der Waals surface area contributed by atoms with Gasteiger partial charge in [-0.05, 0) is 36.9 Å². The average Bonchev–Trinajstić information content (AvgIpc) is 2.66. The first kappa shape index (κ1) is 21.5. The van der Waals surface area contributed by atoms with Gasteiger partial charge >= 0.3 is 6.09 Å². The lowest BCUT2D eigenvalue weighted by atomic mass is 10.0. The van der Waals surface area contributed by atoms with Gasteiger partial charge in [-0.1, -0.05) is 23.7 Å². The summed E-state index contributed by atoms with van der Waals surface area (Å²) in [6.45, 7) is 0.325. The molecular weight excluding hydrogens is 386 g/mol. The van der Waals surface area contributed by atoms with E-state index in [9.17, 15) is 14.9 Å². The van der Waals surface area contributed by atoms with Crippen molar-refractivity contribution >= 4 is 23.4 Å². The zero-order valence-corrected chi connectivity index (χ0v) is 16.6. The lowest BCUT2D eigenvalue weighted by Crippen LogP contribution is -2.25. The molecular formula is C19H22ClN3O5. The van der Waals surface area contributed by atoms with E-state index in [1.807, 2.05) is 13.1 Å². The van der Waals surface area contributed by atoms with Gasteiger partial charge in [0.1, 0.15) is 16.5 Å². The molecule has 0 heterocycles.